The molecule has 108 valence electrons. The Balaban J connectivity index is 2.59. The molecule has 0 amide bonds. The third-order valence-corrected chi connectivity index (χ3v) is 2.83. The van der Waals surface area contributed by atoms with E-state index in [9.17, 15) is 36.6 Å². The molecule has 2 heterocycles. The molecule has 11 heteroatoms. The Morgan fingerprint density at radius 2 is 1.68 bits per heavy atom. The van der Waals surface area contributed by atoms with Gasteiger partial charge in [0.05, 0.1) is 6.33 Å². The predicted octanol–water partition coefficient (Wildman–Crippen LogP) is 1.23. The van der Waals surface area contributed by atoms with Gasteiger partial charge in [-0.2, -0.15) is 26.3 Å². The van der Waals surface area contributed by atoms with E-state index in [1.807, 2.05) is 4.98 Å². The molecule has 0 aromatic carbocycles. The lowest BCUT2D eigenvalue weighted by atomic mass is 9.84. The summed E-state index contributed by atoms with van der Waals surface area (Å²) in [5.41, 5.74) is -8.79. The lowest BCUT2D eigenvalue weighted by molar-refractivity contribution is -0.318. The van der Waals surface area contributed by atoms with Crippen molar-refractivity contribution in [2.45, 2.75) is 30.1 Å². The van der Waals surface area contributed by atoms with Gasteiger partial charge in [0.1, 0.15) is 5.69 Å². The van der Waals surface area contributed by atoms with Crippen LogP contribution in [0.5, 0.6) is 0 Å². The number of rotatable bonds is 0. The predicted molar refractivity (Wildman–Crippen MR) is 47.8 cm³/mol. The fraction of sp³-hybridized carbons (Fsp3) is 0.625. The van der Waals surface area contributed by atoms with Crippen molar-refractivity contribution in [2.75, 3.05) is 5.32 Å². The zero-order valence-electron chi connectivity index (χ0n) is 8.89. The Kier molecular flexibility index (Phi) is 2.59. The van der Waals surface area contributed by atoms with Crippen LogP contribution in [0, 0.1) is 0 Å². The summed E-state index contributed by atoms with van der Waals surface area (Å²) in [5.74, 6) is -0.911. The number of aromatic nitrogens is 2. The molecule has 0 radical (unpaired) electrons. The van der Waals surface area contributed by atoms with Crippen LogP contribution >= 0.6 is 0 Å². The zero-order valence-corrected chi connectivity index (χ0v) is 8.89. The molecule has 0 spiro atoms. The number of alkyl halides is 6. The van der Waals surface area contributed by atoms with E-state index >= 15 is 0 Å². The summed E-state index contributed by atoms with van der Waals surface area (Å²) in [4.78, 5) is 5.11. The molecule has 1 aromatic heterocycles. The topological polar surface area (TPSA) is 81.2 Å². The molecule has 19 heavy (non-hydrogen) atoms. The second-order valence-corrected chi connectivity index (χ2v) is 4.14. The van der Waals surface area contributed by atoms with Crippen LogP contribution in [0.1, 0.15) is 12.1 Å². The van der Waals surface area contributed by atoms with Crippen LogP contribution in [0.2, 0.25) is 0 Å². The van der Waals surface area contributed by atoms with Crippen molar-refractivity contribution >= 4 is 5.82 Å². The monoisotopic (exact) mass is 291 g/mol. The maximum absolute atomic E-state index is 12.8. The molecule has 1 aromatic rings. The molecule has 0 aliphatic carbocycles. The smallest absolute Gasteiger partial charge is 0.375 e. The highest BCUT2D eigenvalue weighted by Crippen LogP contribution is 2.52. The summed E-state index contributed by atoms with van der Waals surface area (Å²) >= 11 is 0. The van der Waals surface area contributed by atoms with Gasteiger partial charge in [-0.25, -0.2) is 4.98 Å². The van der Waals surface area contributed by atoms with Crippen molar-refractivity contribution in [2.24, 2.45) is 0 Å². The van der Waals surface area contributed by atoms with Gasteiger partial charge in [-0.15, -0.1) is 0 Å². The van der Waals surface area contributed by atoms with Crippen molar-refractivity contribution in [3.05, 3.63) is 12.0 Å². The highest BCUT2D eigenvalue weighted by molar-refractivity contribution is 5.50. The minimum atomic E-state index is -5.43. The summed E-state index contributed by atoms with van der Waals surface area (Å²) in [5, 5.41) is 20.3. The second-order valence-electron chi connectivity index (χ2n) is 4.14. The maximum atomic E-state index is 12.8. The van der Waals surface area contributed by atoms with Crippen LogP contribution in [0.15, 0.2) is 6.33 Å². The van der Waals surface area contributed by atoms with Crippen molar-refractivity contribution in [3.8, 4) is 0 Å². The van der Waals surface area contributed by atoms with Gasteiger partial charge in [-0.05, 0) is 0 Å². The SMILES string of the molecule is OC1(C(F)(F)F)CC(O)(C(F)(F)F)c2[nH]cnc2N1. The lowest BCUT2D eigenvalue weighted by Gasteiger charge is -2.43. The molecule has 1 aliphatic heterocycles. The normalized spacial score (nSPS) is 31.8. The fourth-order valence-corrected chi connectivity index (χ4v) is 1.82. The highest BCUT2D eigenvalue weighted by atomic mass is 19.4. The molecule has 4 N–H and O–H groups in total. The number of hydrogen-bond donors (Lipinski definition) is 4. The minimum absolute atomic E-state index is 0.677. The van der Waals surface area contributed by atoms with Gasteiger partial charge in [0.25, 0.3) is 0 Å². The number of hydrogen-bond acceptors (Lipinski definition) is 4. The lowest BCUT2D eigenvalue weighted by Crippen LogP contribution is -2.62. The van der Waals surface area contributed by atoms with E-state index in [1.54, 1.807) is 0 Å². The first-order valence-electron chi connectivity index (χ1n) is 4.81. The molecule has 0 bridgehead atoms. The third kappa shape index (κ3) is 1.84. The van der Waals surface area contributed by atoms with Gasteiger partial charge < -0.3 is 20.5 Å². The van der Waals surface area contributed by atoms with Crippen LogP contribution in [-0.4, -0.2) is 38.3 Å². The average molecular weight is 291 g/mol. The number of fused-ring (bicyclic) bond motifs is 1. The van der Waals surface area contributed by atoms with Crippen LogP contribution in [-0.2, 0) is 5.60 Å². The van der Waals surface area contributed by atoms with E-state index in [0.29, 0.717) is 6.33 Å². The zero-order chi connectivity index (χ0) is 14.7. The van der Waals surface area contributed by atoms with Crippen LogP contribution in [0.4, 0.5) is 32.2 Å². The van der Waals surface area contributed by atoms with Gasteiger partial charge in [-0.3, -0.25) is 0 Å². The number of anilines is 1. The third-order valence-electron chi connectivity index (χ3n) is 2.83. The summed E-state index contributed by atoms with van der Waals surface area (Å²) < 4.78 is 76.3. The van der Waals surface area contributed by atoms with Crippen LogP contribution in [0.25, 0.3) is 0 Å². The first-order chi connectivity index (χ1) is 8.41. The summed E-state index contributed by atoms with van der Waals surface area (Å²) in [7, 11) is 0. The summed E-state index contributed by atoms with van der Waals surface area (Å²) in [6.45, 7) is 0. The number of imidazole rings is 1. The molecule has 0 saturated heterocycles. The highest BCUT2D eigenvalue weighted by Gasteiger charge is 2.69. The summed E-state index contributed by atoms with van der Waals surface area (Å²) in [6.07, 6.45) is -12.2. The van der Waals surface area contributed by atoms with E-state index in [-0.39, 0.29) is 0 Å². The molecule has 0 fully saturated rings. The molecule has 5 nitrogen and oxygen atoms in total. The molecular weight excluding hydrogens is 284 g/mol. The van der Waals surface area contributed by atoms with Crippen LogP contribution in [0.3, 0.4) is 0 Å². The maximum Gasteiger partial charge on any atom is 0.436 e. The number of aromatic amines is 1. The van der Waals surface area contributed by atoms with E-state index in [0.717, 1.165) is 0 Å². The average Bonchev–Trinajstić information content (AvgIpc) is 2.62. The number of H-pyrrole nitrogens is 1. The Morgan fingerprint density at radius 1 is 1.11 bits per heavy atom. The number of halogens is 6. The molecular formula is C8H7F6N3O2. The largest absolute Gasteiger partial charge is 0.436 e. The molecule has 1 aliphatic rings. The number of aliphatic hydroxyl groups is 2. The van der Waals surface area contributed by atoms with E-state index in [2.05, 4.69) is 4.98 Å². The van der Waals surface area contributed by atoms with Gasteiger partial charge in [0.15, 0.2) is 5.82 Å². The Hall–Kier alpha value is -1.49. The second kappa shape index (κ2) is 3.54. The standard InChI is InChI=1S/C8H7F6N3O2/c9-7(10,11)5(18)1-6(19,8(12,13)14)17-4-3(5)15-2-16-4/h2,17-19H,1H2,(H,15,16). The Morgan fingerprint density at radius 3 is 2.16 bits per heavy atom. The first kappa shape index (κ1) is 13.9. The van der Waals surface area contributed by atoms with Gasteiger partial charge in [-0.1, -0.05) is 0 Å². The van der Waals surface area contributed by atoms with Crippen molar-refractivity contribution < 1.29 is 36.6 Å². The quantitative estimate of drug-likeness (QED) is 0.542. The summed E-state index contributed by atoms with van der Waals surface area (Å²) in [6, 6.07) is 0. The Labute approximate surface area is 101 Å². The molecule has 0 saturated carbocycles. The molecule has 2 atom stereocenters. The van der Waals surface area contributed by atoms with Crippen molar-refractivity contribution in [3.63, 3.8) is 0 Å². The number of nitrogens with one attached hydrogen (secondary N) is 2. The van der Waals surface area contributed by atoms with Crippen LogP contribution < -0.4 is 5.32 Å². The first-order valence-corrected chi connectivity index (χ1v) is 4.81. The molecule has 2 rings (SSSR count). The molecule has 2 unspecified atom stereocenters. The minimum Gasteiger partial charge on any atom is -0.375 e. The van der Waals surface area contributed by atoms with Gasteiger partial charge in [0, 0.05) is 6.42 Å². The fourth-order valence-electron chi connectivity index (χ4n) is 1.82. The van der Waals surface area contributed by atoms with E-state index < -0.39 is 41.6 Å². The Bertz CT molecular complexity index is 497. The van der Waals surface area contributed by atoms with Crippen molar-refractivity contribution in [1.29, 1.82) is 0 Å². The van der Waals surface area contributed by atoms with Gasteiger partial charge in [0.2, 0.25) is 11.3 Å². The van der Waals surface area contributed by atoms with Gasteiger partial charge >= 0.3 is 12.4 Å². The van der Waals surface area contributed by atoms with Crippen molar-refractivity contribution in [1.82, 2.24) is 9.97 Å². The van der Waals surface area contributed by atoms with E-state index in [1.165, 1.54) is 5.32 Å². The van der Waals surface area contributed by atoms with E-state index in [4.69, 9.17) is 0 Å². The number of nitrogens with zero attached hydrogens (tertiary/aromatic N) is 1.